The number of piperidine rings is 1. The normalized spacial score (nSPS) is 24.8. The van der Waals surface area contributed by atoms with Crippen molar-refractivity contribution in [3.05, 3.63) is 28.1 Å². The molecule has 0 aromatic carbocycles. The minimum Gasteiger partial charge on any atom is -0.348 e. The number of fused-ring (bicyclic) bond motifs is 2. The van der Waals surface area contributed by atoms with E-state index < -0.39 is 0 Å². The van der Waals surface area contributed by atoms with Gasteiger partial charge in [0.05, 0.1) is 10.6 Å². The standard InChI is InChI=1S/C16H19N3OS2.2ClH/c1-9-14(22-16(17-9)13-3-2-6-21-13)15(20)19-12-7-10-4-5-11(8-12)18-10;;/h2-3,6,10-12,18H,4-5,7-8H2,1H3,(H,19,20);2*1H. The summed E-state index contributed by atoms with van der Waals surface area (Å²) in [5.74, 6) is 0.0455. The SMILES string of the molecule is Cc1nc(-c2cccs2)sc1C(=O)NC1CC2CCC(C1)N2.Cl.Cl. The number of aryl methyl sites for hydroxylation is 1. The minimum atomic E-state index is 0. The Morgan fingerprint density at radius 3 is 2.62 bits per heavy atom. The number of thiazole rings is 1. The summed E-state index contributed by atoms with van der Waals surface area (Å²) in [5, 5.41) is 9.82. The quantitative estimate of drug-likeness (QED) is 0.809. The van der Waals surface area contributed by atoms with Crippen molar-refractivity contribution in [2.45, 2.75) is 50.7 Å². The molecule has 4 rings (SSSR count). The second-order valence-corrected chi connectivity index (χ2v) is 8.14. The molecule has 2 aromatic heterocycles. The fourth-order valence-corrected chi connectivity index (χ4v) is 5.30. The first-order chi connectivity index (χ1) is 10.7. The van der Waals surface area contributed by atoms with Crippen molar-refractivity contribution in [3.8, 4) is 9.88 Å². The maximum atomic E-state index is 12.6. The number of nitrogens with zero attached hydrogens (tertiary/aromatic N) is 1. The van der Waals surface area contributed by atoms with Gasteiger partial charge in [-0.3, -0.25) is 4.79 Å². The maximum absolute atomic E-state index is 12.6. The van der Waals surface area contributed by atoms with Crippen LogP contribution in [0.2, 0.25) is 0 Å². The van der Waals surface area contributed by atoms with Gasteiger partial charge in [0, 0.05) is 18.1 Å². The third-order valence-corrected chi connectivity index (χ3v) is 6.74. The van der Waals surface area contributed by atoms with Gasteiger partial charge in [-0.25, -0.2) is 4.98 Å². The van der Waals surface area contributed by atoms with Crippen LogP contribution in [0, 0.1) is 6.92 Å². The van der Waals surface area contributed by atoms with Crippen LogP contribution in [0.15, 0.2) is 17.5 Å². The predicted molar refractivity (Wildman–Crippen MR) is 105 cm³/mol. The molecule has 2 N–H and O–H groups in total. The lowest BCUT2D eigenvalue weighted by atomic mass is 10.00. The van der Waals surface area contributed by atoms with E-state index in [-0.39, 0.29) is 30.7 Å². The summed E-state index contributed by atoms with van der Waals surface area (Å²) in [4.78, 5) is 19.0. The molecule has 2 aromatic rings. The first-order valence-electron chi connectivity index (χ1n) is 7.77. The fourth-order valence-electron chi connectivity index (χ4n) is 3.54. The van der Waals surface area contributed by atoms with Crippen LogP contribution in [0.3, 0.4) is 0 Å². The van der Waals surface area contributed by atoms with Gasteiger partial charge in [-0.05, 0) is 44.1 Å². The second kappa shape index (κ2) is 8.15. The Morgan fingerprint density at radius 1 is 1.29 bits per heavy atom. The van der Waals surface area contributed by atoms with E-state index >= 15 is 0 Å². The van der Waals surface area contributed by atoms with Crippen molar-refractivity contribution in [3.63, 3.8) is 0 Å². The van der Waals surface area contributed by atoms with Crippen LogP contribution in [0.5, 0.6) is 0 Å². The van der Waals surface area contributed by atoms with Crippen molar-refractivity contribution >= 4 is 53.4 Å². The molecule has 2 atom stereocenters. The van der Waals surface area contributed by atoms with E-state index in [4.69, 9.17) is 0 Å². The van der Waals surface area contributed by atoms with Crippen LogP contribution in [0.4, 0.5) is 0 Å². The summed E-state index contributed by atoms with van der Waals surface area (Å²) >= 11 is 3.16. The summed E-state index contributed by atoms with van der Waals surface area (Å²) < 4.78 is 0. The summed E-state index contributed by atoms with van der Waals surface area (Å²) in [5.41, 5.74) is 0.836. The number of carbonyl (C=O) groups is 1. The summed E-state index contributed by atoms with van der Waals surface area (Å²) in [7, 11) is 0. The highest BCUT2D eigenvalue weighted by Gasteiger charge is 2.34. The van der Waals surface area contributed by atoms with Crippen molar-refractivity contribution in [2.24, 2.45) is 0 Å². The first-order valence-corrected chi connectivity index (χ1v) is 9.47. The van der Waals surface area contributed by atoms with Crippen LogP contribution < -0.4 is 10.6 Å². The molecule has 2 fully saturated rings. The Labute approximate surface area is 162 Å². The van der Waals surface area contributed by atoms with Crippen molar-refractivity contribution in [1.82, 2.24) is 15.6 Å². The van der Waals surface area contributed by atoms with Crippen LogP contribution >= 0.6 is 47.5 Å². The van der Waals surface area contributed by atoms with Crippen molar-refractivity contribution in [2.75, 3.05) is 0 Å². The van der Waals surface area contributed by atoms with Gasteiger partial charge >= 0.3 is 0 Å². The Bertz CT molecular complexity index is 678. The molecule has 2 bridgehead atoms. The number of hydrogen-bond donors (Lipinski definition) is 2. The molecule has 2 aliphatic heterocycles. The average Bonchev–Trinajstić information content (AvgIpc) is 3.19. The largest absolute Gasteiger partial charge is 0.348 e. The summed E-state index contributed by atoms with van der Waals surface area (Å²) in [6, 6.07) is 5.55. The second-order valence-electron chi connectivity index (χ2n) is 6.19. The number of nitrogens with one attached hydrogen (secondary N) is 2. The van der Waals surface area contributed by atoms with Crippen molar-refractivity contribution < 1.29 is 4.79 Å². The van der Waals surface area contributed by atoms with E-state index in [1.54, 1.807) is 11.3 Å². The number of halogens is 2. The summed E-state index contributed by atoms with van der Waals surface area (Å²) in [6.45, 7) is 1.93. The fraction of sp³-hybridized carbons (Fsp3) is 0.500. The molecule has 1 amide bonds. The number of rotatable bonds is 3. The predicted octanol–water partition coefficient (Wildman–Crippen LogP) is 4.04. The Morgan fingerprint density at radius 2 is 2.00 bits per heavy atom. The highest BCUT2D eigenvalue weighted by molar-refractivity contribution is 7.22. The molecule has 0 saturated carbocycles. The highest BCUT2D eigenvalue weighted by atomic mass is 35.5. The average molecular weight is 406 g/mol. The lowest BCUT2D eigenvalue weighted by molar-refractivity contribution is 0.0927. The molecule has 4 heterocycles. The third-order valence-electron chi connectivity index (χ3n) is 4.54. The number of amides is 1. The lowest BCUT2D eigenvalue weighted by Crippen LogP contribution is -2.48. The van der Waals surface area contributed by atoms with Gasteiger partial charge in [-0.2, -0.15) is 0 Å². The molecule has 0 aliphatic carbocycles. The van der Waals surface area contributed by atoms with Gasteiger partial charge in [-0.15, -0.1) is 47.5 Å². The smallest absolute Gasteiger partial charge is 0.263 e. The Balaban J connectivity index is 0.00000104. The van der Waals surface area contributed by atoms with Gasteiger partial charge in [0.15, 0.2) is 0 Å². The van der Waals surface area contributed by atoms with Gasteiger partial charge in [0.25, 0.3) is 5.91 Å². The molecule has 2 unspecified atom stereocenters. The highest BCUT2D eigenvalue weighted by Crippen LogP contribution is 2.32. The maximum Gasteiger partial charge on any atom is 0.263 e. The molecular formula is C16H21Cl2N3OS2. The van der Waals surface area contributed by atoms with E-state index in [9.17, 15) is 4.79 Å². The van der Waals surface area contributed by atoms with E-state index in [1.807, 2.05) is 18.4 Å². The van der Waals surface area contributed by atoms with Crippen LogP contribution in [-0.2, 0) is 0 Å². The third kappa shape index (κ3) is 3.94. The van der Waals surface area contributed by atoms with Crippen LogP contribution in [0.25, 0.3) is 9.88 Å². The zero-order valence-electron chi connectivity index (χ0n) is 13.3. The minimum absolute atomic E-state index is 0. The Kier molecular flexibility index (Phi) is 6.67. The van der Waals surface area contributed by atoms with Gasteiger partial charge < -0.3 is 10.6 Å². The van der Waals surface area contributed by atoms with Gasteiger partial charge in [0.2, 0.25) is 0 Å². The first kappa shape index (κ1) is 19.7. The molecule has 2 aliphatic rings. The molecule has 4 nitrogen and oxygen atoms in total. The van der Waals surface area contributed by atoms with E-state index in [2.05, 4.69) is 21.7 Å². The van der Waals surface area contributed by atoms with E-state index in [1.165, 1.54) is 24.2 Å². The zero-order chi connectivity index (χ0) is 15.1. The molecule has 132 valence electrons. The van der Waals surface area contributed by atoms with E-state index in [0.29, 0.717) is 18.1 Å². The number of hydrogen-bond acceptors (Lipinski definition) is 5. The zero-order valence-corrected chi connectivity index (χ0v) is 16.5. The topological polar surface area (TPSA) is 54.0 Å². The lowest BCUT2D eigenvalue weighted by Gasteiger charge is -2.29. The Hall–Kier alpha value is -0.660. The molecular weight excluding hydrogens is 385 g/mol. The molecule has 8 heteroatoms. The van der Waals surface area contributed by atoms with Gasteiger partial charge in [0.1, 0.15) is 9.88 Å². The van der Waals surface area contributed by atoms with Gasteiger partial charge in [-0.1, -0.05) is 6.07 Å². The summed E-state index contributed by atoms with van der Waals surface area (Å²) in [6.07, 6.45) is 4.61. The molecule has 24 heavy (non-hydrogen) atoms. The number of aromatic nitrogens is 1. The molecule has 0 spiro atoms. The van der Waals surface area contributed by atoms with E-state index in [0.717, 1.165) is 33.3 Å². The van der Waals surface area contributed by atoms with Crippen LogP contribution in [-0.4, -0.2) is 29.0 Å². The van der Waals surface area contributed by atoms with Crippen LogP contribution in [0.1, 0.15) is 41.0 Å². The number of carbonyl (C=O) groups excluding carboxylic acids is 1. The molecule has 0 radical (unpaired) electrons. The number of thiophene rings is 1. The molecule has 2 saturated heterocycles. The monoisotopic (exact) mass is 405 g/mol. The van der Waals surface area contributed by atoms with Crippen molar-refractivity contribution in [1.29, 1.82) is 0 Å².